The van der Waals surface area contributed by atoms with Crippen molar-refractivity contribution in [1.82, 2.24) is 4.98 Å². The molecule has 5 nitrogen and oxygen atoms in total. The molecule has 2 rings (SSSR count). The van der Waals surface area contributed by atoms with Crippen LogP contribution in [0.2, 0.25) is 0 Å². The molecule has 0 spiro atoms. The standard InChI is InChI=1S/C13H16N2O3/c1-2-3-12(16)15(10-5-6-10)11-7-4-9(8-14-11)13(17)18/h4,7-8,10H,2-3,5-6H2,1H3,(H,17,18). The zero-order chi connectivity index (χ0) is 13.1. The van der Waals surface area contributed by atoms with Crippen molar-refractivity contribution in [3.05, 3.63) is 23.9 Å². The molecule has 1 aliphatic rings. The Hall–Kier alpha value is -1.91. The number of carboxylic acids is 1. The van der Waals surface area contributed by atoms with Gasteiger partial charge in [-0.05, 0) is 31.4 Å². The summed E-state index contributed by atoms with van der Waals surface area (Å²) in [5, 5.41) is 8.81. The highest BCUT2D eigenvalue weighted by Gasteiger charge is 2.33. The lowest BCUT2D eigenvalue weighted by Crippen LogP contribution is -2.33. The fourth-order valence-corrected chi connectivity index (χ4v) is 1.84. The van der Waals surface area contributed by atoms with E-state index in [-0.39, 0.29) is 17.5 Å². The number of carbonyl (C=O) groups is 2. The van der Waals surface area contributed by atoms with Gasteiger partial charge in [-0.15, -0.1) is 0 Å². The molecule has 0 saturated heterocycles. The Labute approximate surface area is 105 Å². The third-order valence-electron chi connectivity index (χ3n) is 2.89. The predicted molar refractivity (Wildman–Crippen MR) is 66.6 cm³/mol. The number of pyridine rings is 1. The highest BCUT2D eigenvalue weighted by atomic mass is 16.4. The van der Waals surface area contributed by atoms with E-state index in [1.807, 2.05) is 6.92 Å². The van der Waals surface area contributed by atoms with E-state index in [1.54, 1.807) is 11.0 Å². The molecule has 1 N–H and O–H groups in total. The Balaban J connectivity index is 2.20. The fourth-order valence-electron chi connectivity index (χ4n) is 1.84. The molecule has 0 unspecified atom stereocenters. The monoisotopic (exact) mass is 248 g/mol. The van der Waals surface area contributed by atoms with Gasteiger partial charge in [0.1, 0.15) is 5.82 Å². The zero-order valence-corrected chi connectivity index (χ0v) is 10.3. The summed E-state index contributed by atoms with van der Waals surface area (Å²) in [6.45, 7) is 1.96. The SMILES string of the molecule is CCCC(=O)N(c1ccc(C(=O)O)cn1)C1CC1. The Kier molecular flexibility index (Phi) is 3.60. The van der Waals surface area contributed by atoms with E-state index < -0.39 is 5.97 Å². The van der Waals surface area contributed by atoms with Crippen LogP contribution >= 0.6 is 0 Å². The van der Waals surface area contributed by atoms with Gasteiger partial charge in [-0.2, -0.15) is 0 Å². The molecule has 18 heavy (non-hydrogen) atoms. The van der Waals surface area contributed by atoms with Crippen LogP contribution in [0.4, 0.5) is 5.82 Å². The fraction of sp³-hybridized carbons (Fsp3) is 0.462. The first kappa shape index (κ1) is 12.5. The lowest BCUT2D eigenvalue weighted by atomic mass is 10.2. The third kappa shape index (κ3) is 2.67. The van der Waals surface area contributed by atoms with Crippen molar-refractivity contribution in [1.29, 1.82) is 0 Å². The number of amides is 1. The highest BCUT2D eigenvalue weighted by molar-refractivity contribution is 5.94. The minimum atomic E-state index is -1.01. The second-order valence-corrected chi connectivity index (χ2v) is 4.46. The van der Waals surface area contributed by atoms with Crippen LogP contribution in [0.3, 0.4) is 0 Å². The summed E-state index contributed by atoms with van der Waals surface area (Å²) in [4.78, 5) is 28.6. The lowest BCUT2D eigenvalue weighted by molar-refractivity contribution is -0.118. The van der Waals surface area contributed by atoms with Gasteiger partial charge in [-0.25, -0.2) is 9.78 Å². The predicted octanol–water partition coefficient (Wildman–Crippen LogP) is 2.08. The molecule has 1 saturated carbocycles. The molecule has 1 fully saturated rings. The summed E-state index contributed by atoms with van der Waals surface area (Å²) in [5.74, 6) is -0.386. The molecule has 0 bridgehead atoms. The van der Waals surface area contributed by atoms with Crippen molar-refractivity contribution < 1.29 is 14.7 Å². The van der Waals surface area contributed by atoms with Crippen LogP contribution in [0.15, 0.2) is 18.3 Å². The maximum Gasteiger partial charge on any atom is 0.337 e. The van der Waals surface area contributed by atoms with Gasteiger partial charge in [0.2, 0.25) is 5.91 Å². The summed E-state index contributed by atoms with van der Waals surface area (Å²) in [7, 11) is 0. The van der Waals surface area contributed by atoms with E-state index in [0.717, 1.165) is 19.3 Å². The number of hydrogen-bond acceptors (Lipinski definition) is 3. The highest BCUT2D eigenvalue weighted by Crippen LogP contribution is 2.31. The molecule has 1 heterocycles. The summed E-state index contributed by atoms with van der Waals surface area (Å²) >= 11 is 0. The average molecular weight is 248 g/mol. The van der Waals surface area contributed by atoms with Gasteiger partial charge in [0.05, 0.1) is 5.56 Å². The molecule has 0 aromatic carbocycles. The Morgan fingerprint density at radius 1 is 1.44 bits per heavy atom. The molecule has 1 aromatic rings. The number of nitrogens with zero attached hydrogens (tertiary/aromatic N) is 2. The topological polar surface area (TPSA) is 70.5 Å². The molecule has 1 aromatic heterocycles. The number of aromatic nitrogens is 1. The second kappa shape index (κ2) is 5.16. The van der Waals surface area contributed by atoms with Crippen LogP contribution in [0.1, 0.15) is 43.0 Å². The first-order chi connectivity index (χ1) is 8.63. The number of rotatable bonds is 5. The van der Waals surface area contributed by atoms with Gasteiger partial charge < -0.3 is 5.11 Å². The van der Waals surface area contributed by atoms with E-state index in [9.17, 15) is 9.59 Å². The van der Waals surface area contributed by atoms with Crippen molar-refractivity contribution in [3.63, 3.8) is 0 Å². The number of carbonyl (C=O) groups excluding carboxylic acids is 1. The van der Waals surface area contributed by atoms with Crippen LogP contribution < -0.4 is 4.90 Å². The number of carboxylic acid groups (broad SMARTS) is 1. The number of aromatic carboxylic acids is 1. The van der Waals surface area contributed by atoms with Gasteiger partial charge in [0.15, 0.2) is 0 Å². The normalized spacial score (nSPS) is 14.3. The number of hydrogen-bond donors (Lipinski definition) is 1. The summed E-state index contributed by atoms with van der Waals surface area (Å²) in [6.07, 6.45) is 4.59. The van der Waals surface area contributed by atoms with Crippen molar-refractivity contribution in [2.75, 3.05) is 4.90 Å². The van der Waals surface area contributed by atoms with Crippen LogP contribution in [-0.2, 0) is 4.79 Å². The second-order valence-electron chi connectivity index (χ2n) is 4.46. The summed E-state index contributed by atoms with van der Waals surface area (Å²) in [5.41, 5.74) is 0.137. The molecule has 96 valence electrons. The molecule has 0 atom stereocenters. The quantitative estimate of drug-likeness (QED) is 0.866. The van der Waals surface area contributed by atoms with Crippen LogP contribution in [-0.4, -0.2) is 28.0 Å². The first-order valence-corrected chi connectivity index (χ1v) is 6.15. The van der Waals surface area contributed by atoms with Crippen LogP contribution in [0.25, 0.3) is 0 Å². The van der Waals surface area contributed by atoms with E-state index in [1.165, 1.54) is 12.3 Å². The zero-order valence-electron chi connectivity index (χ0n) is 10.3. The minimum absolute atomic E-state index is 0.0653. The molecule has 1 aliphatic carbocycles. The molecule has 0 aliphatic heterocycles. The van der Waals surface area contributed by atoms with Gasteiger partial charge in [0.25, 0.3) is 0 Å². The Bertz CT molecular complexity index is 452. The van der Waals surface area contributed by atoms with Crippen molar-refractivity contribution in [3.8, 4) is 0 Å². The maximum atomic E-state index is 12.0. The summed E-state index contributed by atoms with van der Waals surface area (Å²) in [6, 6.07) is 3.33. The molecular formula is C13H16N2O3. The smallest absolute Gasteiger partial charge is 0.337 e. The van der Waals surface area contributed by atoms with Gasteiger partial charge in [-0.1, -0.05) is 6.92 Å². The van der Waals surface area contributed by atoms with E-state index in [2.05, 4.69) is 4.98 Å². The van der Waals surface area contributed by atoms with E-state index in [0.29, 0.717) is 12.2 Å². The molecule has 1 amide bonds. The summed E-state index contributed by atoms with van der Waals surface area (Å²) < 4.78 is 0. The minimum Gasteiger partial charge on any atom is -0.478 e. The lowest BCUT2D eigenvalue weighted by Gasteiger charge is -2.21. The van der Waals surface area contributed by atoms with Gasteiger partial charge >= 0.3 is 5.97 Å². The van der Waals surface area contributed by atoms with E-state index >= 15 is 0 Å². The number of anilines is 1. The van der Waals surface area contributed by atoms with Crippen molar-refractivity contribution in [2.24, 2.45) is 0 Å². The Morgan fingerprint density at radius 2 is 2.17 bits per heavy atom. The van der Waals surface area contributed by atoms with Crippen LogP contribution in [0, 0.1) is 0 Å². The average Bonchev–Trinajstić information content (AvgIpc) is 3.15. The van der Waals surface area contributed by atoms with Gasteiger partial charge in [0, 0.05) is 18.7 Å². The molecule has 0 radical (unpaired) electrons. The van der Waals surface area contributed by atoms with E-state index in [4.69, 9.17) is 5.11 Å². The molecule has 5 heteroatoms. The van der Waals surface area contributed by atoms with Crippen molar-refractivity contribution >= 4 is 17.7 Å². The largest absolute Gasteiger partial charge is 0.478 e. The first-order valence-electron chi connectivity index (χ1n) is 6.15. The molecular weight excluding hydrogens is 232 g/mol. The van der Waals surface area contributed by atoms with Crippen molar-refractivity contribution in [2.45, 2.75) is 38.6 Å². The maximum absolute atomic E-state index is 12.0. The van der Waals surface area contributed by atoms with Crippen LogP contribution in [0.5, 0.6) is 0 Å². The third-order valence-corrected chi connectivity index (χ3v) is 2.89. The Morgan fingerprint density at radius 3 is 2.61 bits per heavy atom. The van der Waals surface area contributed by atoms with Gasteiger partial charge in [-0.3, -0.25) is 9.69 Å².